The minimum absolute atomic E-state index is 0.143. The Morgan fingerprint density at radius 2 is 2.00 bits per heavy atom. The highest BCUT2D eigenvalue weighted by Crippen LogP contribution is 2.42. The third-order valence-electron chi connectivity index (χ3n) is 2.28. The Morgan fingerprint density at radius 1 is 1.47 bits per heavy atom. The number of hydrogen-bond acceptors (Lipinski definition) is 3. The Hall–Kier alpha value is -0.740. The first-order valence-electron chi connectivity index (χ1n) is 4.64. The highest BCUT2D eigenvalue weighted by Gasteiger charge is 2.23. The van der Waals surface area contributed by atoms with Gasteiger partial charge in [0.25, 0.3) is 0 Å². The molecule has 0 bridgehead atoms. The van der Waals surface area contributed by atoms with Gasteiger partial charge in [0.2, 0.25) is 0 Å². The van der Waals surface area contributed by atoms with Crippen LogP contribution in [0, 0.1) is 6.92 Å². The van der Waals surface area contributed by atoms with Crippen LogP contribution in [0.25, 0.3) is 0 Å². The summed E-state index contributed by atoms with van der Waals surface area (Å²) in [7, 11) is 1.57. The van der Waals surface area contributed by atoms with Crippen molar-refractivity contribution in [3.63, 3.8) is 0 Å². The summed E-state index contributed by atoms with van der Waals surface area (Å²) in [5, 5.41) is 9.96. The lowest BCUT2D eigenvalue weighted by Crippen LogP contribution is -2.29. The maximum Gasteiger partial charge on any atom is 0.139 e. The van der Waals surface area contributed by atoms with Crippen molar-refractivity contribution in [3.8, 4) is 11.5 Å². The van der Waals surface area contributed by atoms with Crippen LogP contribution in [-0.4, -0.2) is 12.2 Å². The number of benzene rings is 1. The van der Waals surface area contributed by atoms with Crippen molar-refractivity contribution in [2.75, 3.05) is 7.11 Å². The van der Waals surface area contributed by atoms with Gasteiger partial charge in [0, 0.05) is 11.1 Å². The van der Waals surface area contributed by atoms with Gasteiger partial charge in [0.15, 0.2) is 0 Å². The second-order valence-electron chi connectivity index (χ2n) is 4.16. The van der Waals surface area contributed by atoms with Crippen molar-refractivity contribution in [1.82, 2.24) is 0 Å². The van der Waals surface area contributed by atoms with Crippen molar-refractivity contribution in [3.05, 3.63) is 21.7 Å². The summed E-state index contributed by atoms with van der Waals surface area (Å²) in [6.07, 6.45) is 0. The second kappa shape index (κ2) is 4.02. The van der Waals surface area contributed by atoms with Crippen molar-refractivity contribution in [1.29, 1.82) is 0 Å². The van der Waals surface area contributed by atoms with E-state index in [2.05, 4.69) is 15.9 Å². The van der Waals surface area contributed by atoms with Crippen LogP contribution in [0.15, 0.2) is 10.5 Å². The molecule has 0 unspecified atom stereocenters. The summed E-state index contributed by atoms with van der Waals surface area (Å²) >= 11 is 3.30. The molecule has 0 aliphatic heterocycles. The van der Waals surface area contributed by atoms with Gasteiger partial charge in [-0.2, -0.15) is 0 Å². The average molecular weight is 274 g/mol. The lowest BCUT2D eigenvalue weighted by atomic mass is 9.93. The molecule has 0 amide bonds. The molecule has 1 aromatic rings. The van der Waals surface area contributed by atoms with E-state index >= 15 is 0 Å². The Bertz CT molecular complexity index is 383. The van der Waals surface area contributed by atoms with Crippen molar-refractivity contribution < 1.29 is 9.84 Å². The number of rotatable bonds is 2. The highest BCUT2D eigenvalue weighted by atomic mass is 79.9. The number of aromatic hydroxyl groups is 1. The fourth-order valence-corrected chi connectivity index (χ4v) is 2.18. The van der Waals surface area contributed by atoms with Crippen molar-refractivity contribution in [2.24, 2.45) is 5.73 Å². The molecule has 84 valence electrons. The predicted molar refractivity (Wildman–Crippen MR) is 64.3 cm³/mol. The monoisotopic (exact) mass is 273 g/mol. The van der Waals surface area contributed by atoms with Gasteiger partial charge in [-0.15, -0.1) is 0 Å². The number of nitrogens with two attached hydrogens (primary N) is 1. The zero-order chi connectivity index (χ0) is 11.8. The Morgan fingerprint density at radius 3 is 2.40 bits per heavy atom. The molecule has 1 rings (SSSR count). The van der Waals surface area contributed by atoms with Crippen LogP contribution >= 0.6 is 15.9 Å². The molecule has 0 saturated heterocycles. The normalized spacial score (nSPS) is 11.6. The molecule has 3 N–H and O–H groups in total. The lowest BCUT2D eigenvalue weighted by Gasteiger charge is -2.23. The molecule has 15 heavy (non-hydrogen) atoms. The fraction of sp³-hybridized carbons (Fsp3) is 0.455. The molecule has 0 aliphatic carbocycles. The van der Waals surface area contributed by atoms with Crippen LogP contribution in [0.5, 0.6) is 11.5 Å². The number of ether oxygens (including phenoxy) is 1. The van der Waals surface area contributed by atoms with Gasteiger partial charge in [-0.25, -0.2) is 0 Å². The molecular formula is C11H16BrNO2. The molecule has 0 fully saturated rings. The molecule has 4 heteroatoms. The molecular weight excluding hydrogens is 258 g/mol. The molecule has 0 saturated carbocycles. The minimum atomic E-state index is -0.580. The number of hydrogen-bond donors (Lipinski definition) is 2. The third-order valence-corrected chi connectivity index (χ3v) is 3.02. The average Bonchev–Trinajstić information content (AvgIpc) is 2.10. The summed E-state index contributed by atoms with van der Waals surface area (Å²) in [6, 6.07) is 1.85. The van der Waals surface area contributed by atoms with Crippen LogP contribution in [0.4, 0.5) is 0 Å². The molecule has 0 aliphatic rings. The van der Waals surface area contributed by atoms with Crippen LogP contribution < -0.4 is 10.5 Å². The molecule has 3 nitrogen and oxygen atoms in total. The summed E-state index contributed by atoms with van der Waals surface area (Å²) in [5.41, 5.74) is 7.03. The second-order valence-corrected chi connectivity index (χ2v) is 4.95. The van der Waals surface area contributed by atoms with Crippen molar-refractivity contribution >= 4 is 15.9 Å². The first kappa shape index (κ1) is 12.3. The molecule has 1 aromatic carbocycles. The summed E-state index contributed by atoms with van der Waals surface area (Å²) in [4.78, 5) is 0. The first-order valence-corrected chi connectivity index (χ1v) is 5.43. The number of methoxy groups -OCH3 is 1. The van der Waals surface area contributed by atoms with E-state index in [-0.39, 0.29) is 5.75 Å². The molecule has 0 atom stereocenters. The Kier molecular flexibility index (Phi) is 3.31. The summed E-state index contributed by atoms with van der Waals surface area (Å²) in [6.45, 7) is 5.61. The van der Waals surface area contributed by atoms with Gasteiger partial charge < -0.3 is 15.6 Å². The zero-order valence-corrected chi connectivity index (χ0v) is 11.0. The molecule has 0 spiro atoms. The molecule has 0 aromatic heterocycles. The Labute approximate surface area is 98.4 Å². The van der Waals surface area contributed by atoms with E-state index in [4.69, 9.17) is 10.5 Å². The van der Waals surface area contributed by atoms with Gasteiger partial charge >= 0.3 is 0 Å². The van der Waals surface area contributed by atoms with E-state index in [0.717, 1.165) is 5.56 Å². The van der Waals surface area contributed by atoms with Crippen LogP contribution in [0.1, 0.15) is 25.0 Å². The zero-order valence-electron chi connectivity index (χ0n) is 9.39. The maximum absolute atomic E-state index is 9.96. The topological polar surface area (TPSA) is 55.5 Å². The maximum atomic E-state index is 9.96. The number of halogens is 1. The number of phenols is 1. The lowest BCUT2D eigenvalue weighted by molar-refractivity contribution is 0.393. The Balaban J connectivity index is 3.48. The fourth-order valence-electron chi connectivity index (χ4n) is 1.49. The van der Waals surface area contributed by atoms with Gasteiger partial charge in [0.05, 0.1) is 7.11 Å². The van der Waals surface area contributed by atoms with Gasteiger partial charge in [-0.1, -0.05) is 0 Å². The summed E-state index contributed by atoms with van der Waals surface area (Å²) in [5.74, 6) is 0.783. The van der Waals surface area contributed by atoms with E-state index in [1.165, 1.54) is 0 Å². The molecule has 0 heterocycles. The van der Waals surface area contributed by atoms with Crippen LogP contribution in [-0.2, 0) is 5.54 Å². The van der Waals surface area contributed by atoms with Gasteiger partial charge in [-0.3, -0.25) is 0 Å². The summed E-state index contributed by atoms with van der Waals surface area (Å²) < 4.78 is 5.73. The van der Waals surface area contributed by atoms with Gasteiger partial charge in [-0.05, 0) is 48.3 Å². The number of aryl methyl sites for hydroxylation is 1. The number of phenolic OH excluding ortho intramolecular Hbond substituents is 1. The largest absolute Gasteiger partial charge is 0.506 e. The van der Waals surface area contributed by atoms with E-state index in [1.807, 2.05) is 26.8 Å². The SMILES string of the molecule is COc1c(C)cc(C(C)(C)N)c(O)c1Br. The smallest absolute Gasteiger partial charge is 0.139 e. The standard InChI is InChI=1S/C11H16BrNO2/c1-6-5-7(11(2,3)13)9(14)8(12)10(6)15-4/h5,14H,13H2,1-4H3. The first-order chi connectivity index (χ1) is 6.79. The van der Waals surface area contributed by atoms with Crippen LogP contribution in [0.3, 0.4) is 0 Å². The van der Waals surface area contributed by atoms with E-state index in [0.29, 0.717) is 15.8 Å². The van der Waals surface area contributed by atoms with E-state index in [9.17, 15) is 5.11 Å². The van der Waals surface area contributed by atoms with Crippen LogP contribution in [0.2, 0.25) is 0 Å². The van der Waals surface area contributed by atoms with E-state index in [1.54, 1.807) is 7.11 Å². The highest BCUT2D eigenvalue weighted by molar-refractivity contribution is 9.10. The minimum Gasteiger partial charge on any atom is -0.506 e. The quantitative estimate of drug-likeness (QED) is 0.871. The van der Waals surface area contributed by atoms with Crippen molar-refractivity contribution in [2.45, 2.75) is 26.3 Å². The van der Waals surface area contributed by atoms with E-state index < -0.39 is 5.54 Å². The van der Waals surface area contributed by atoms with Gasteiger partial charge in [0.1, 0.15) is 16.0 Å². The molecule has 0 radical (unpaired) electrons. The predicted octanol–water partition coefficient (Wildman–Crippen LogP) is 2.67. The third kappa shape index (κ3) is 2.26.